The first-order valence-electron chi connectivity index (χ1n) is 5.20. The Kier molecular flexibility index (Phi) is 2.66. The van der Waals surface area contributed by atoms with Crippen LogP contribution in [-0.2, 0) is 4.74 Å². The summed E-state index contributed by atoms with van der Waals surface area (Å²) in [4.78, 5) is 2.39. The van der Waals surface area contributed by atoms with Gasteiger partial charge in [-0.1, -0.05) is 6.92 Å². The summed E-state index contributed by atoms with van der Waals surface area (Å²) < 4.78 is 5.64. The fourth-order valence-electron chi connectivity index (χ4n) is 2.09. The predicted octanol–water partition coefficient (Wildman–Crippen LogP) is 1.71. The second kappa shape index (κ2) is 3.75. The normalized spacial score (nSPS) is 37.8. The summed E-state index contributed by atoms with van der Waals surface area (Å²) >= 11 is 0. The summed E-state index contributed by atoms with van der Waals surface area (Å²) in [5.74, 6) is 1.93. The zero-order valence-corrected chi connectivity index (χ0v) is 7.96. The van der Waals surface area contributed by atoms with Crippen LogP contribution in [0.2, 0.25) is 0 Å². The van der Waals surface area contributed by atoms with Crippen molar-refractivity contribution in [2.24, 2.45) is 11.8 Å². The van der Waals surface area contributed by atoms with Gasteiger partial charge in [-0.15, -0.1) is 0 Å². The second-order valence-corrected chi connectivity index (χ2v) is 4.11. The van der Waals surface area contributed by atoms with Crippen LogP contribution in [0.15, 0.2) is 0 Å². The molecule has 2 unspecified atom stereocenters. The van der Waals surface area contributed by atoms with Crippen molar-refractivity contribution in [3.8, 4) is 0 Å². The molecule has 1 heterocycles. The first-order valence-corrected chi connectivity index (χ1v) is 5.20. The third-order valence-corrected chi connectivity index (χ3v) is 3.17. The van der Waals surface area contributed by atoms with Gasteiger partial charge in [-0.25, -0.2) is 0 Å². The molecule has 1 saturated heterocycles. The average Bonchev–Trinajstić information content (AvgIpc) is 2.80. The van der Waals surface area contributed by atoms with Gasteiger partial charge in [0.15, 0.2) is 0 Å². The highest BCUT2D eigenvalue weighted by Crippen LogP contribution is 2.42. The SMILES string of the molecule is CCN1CCCC2CC2COC1. The molecule has 0 radical (unpaired) electrons. The zero-order chi connectivity index (χ0) is 8.39. The Morgan fingerprint density at radius 2 is 2.33 bits per heavy atom. The van der Waals surface area contributed by atoms with Crippen LogP contribution in [0.4, 0.5) is 0 Å². The summed E-state index contributed by atoms with van der Waals surface area (Å²) in [6.45, 7) is 6.46. The van der Waals surface area contributed by atoms with Crippen LogP contribution < -0.4 is 0 Å². The molecule has 1 saturated carbocycles. The quantitative estimate of drug-likeness (QED) is 0.592. The summed E-state index contributed by atoms with van der Waals surface area (Å²) in [6.07, 6.45) is 4.25. The summed E-state index contributed by atoms with van der Waals surface area (Å²) in [5, 5.41) is 0. The van der Waals surface area contributed by atoms with Crippen LogP contribution in [0, 0.1) is 11.8 Å². The Hall–Kier alpha value is -0.0800. The van der Waals surface area contributed by atoms with Gasteiger partial charge in [-0.3, -0.25) is 4.90 Å². The molecular formula is C10H19NO. The standard InChI is InChI=1S/C10H19NO/c1-2-11-5-3-4-9-6-10(9)7-12-8-11/h9-10H,2-8H2,1H3. The van der Waals surface area contributed by atoms with Crippen molar-refractivity contribution in [3.63, 3.8) is 0 Å². The molecule has 0 amide bonds. The van der Waals surface area contributed by atoms with Crippen molar-refractivity contribution >= 4 is 0 Å². The van der Waals surface area contributed by atoms with Crippen molar-refractivity contribution in [2.45, 2.75) is 26.2 Å². The Balaban J connectivity index is 1.78. The van der Waals surface area contributed by atoms with Gasteiger partial charge in [-0.05, 0) is 37.6 Å². The highest BCUT2D eigenvalue weighted by Gasteiger charge is 2.36. The minimum Gasteiger partial charge on any atom is -0.366 e. The van der Waals surface area contributed by atoms with E-state index in [0.29, 0.717) is 0 Å². The second-order valence-electron chi connectivity index (χ2n) is 4.11. The summed E-state index contributed by atoms with van der Waals surface area (Å²) in [7, 11) is 0. The van der Waals surface area contributed by atoms with E-state index in [0.717, 1.165) is 31.7 Å². The minimum absolute atomic E-state index is 0.861. The lowest BCUT2D eigenvalue weighted by Gasteiger charge is -2.18. The number of ether oxygens (including phenoxy) is 1. The van der Waals surface area contributed by atoms with E-state index >= 15 is 0 Å². The van der Waals surface area contributed by atoms with Crippen molar-refractivity contribution in [2.75, 3.05) is 26.4 Å². The average molecular weight is 169 g/mol. The molecule has 0 N–H and O–H groups in total. The maximum Gasteiger partial charge on any atom is 0.0990 e. The Labute approximate surface area is 74.9 Å². The van der Waals surface area contributed by atoms with Crippen molar-refractivity contribution in [1.82, 2.24) is 4.90 Å². The minimum atomic E-state index is 0.861. The predicted molar refractivity (Wildman–Crippen MR) is 48.9 cm³/mol. The van der Waals surface area contributed by atoms with Crippen LogP contribution in [-0.4, -0.2) is 31.3 Å². The first-order chi connectivity index (χ1) is 5.90. The Morgan fingerprint density at radius 3 is 3.17 bits per heavy atom. The van der Waals surface area contributed by atoms with Gasteiger partial charge < -0.3 is 4.74 Å². The largest absolute Gasteiger partial charge is 0.366 e. The first kappa shape index (κ1) is 8.52. The molecule has 1 aliphatic heterocycles. The molecular weight excluding hydrogens is 150 g/mol. The zero-order valence-electron chi connectivity index (χ0n) is 7.96. The number of nitrogens with zero attached hydrogens (tertiary/aromatic N) is 1. The van der Waals surface area contributed by atoms with E-state index in [4.69, 9.17) is 4.74 Å². The maximum atomic E-state index is 5.64. The number of fused-ring (bicyclic) bond motifs is 1. The molecule has 2 nitrogen and oxygen atoms in total. The maximum absolute atomic E-state index is 5.64. The van der Waals surface area contributed by atoms with Gasteiger partial charge in [0.25, 0.3) is 0 Å². The van der Waals surface area contributed by atoms with Gasteiger partial charge in [-0.2, -0.15) is 0 Å². The molecule has 2 heteroatoms. The number of hydrogen-bond donors (Lipinski definition) is 0. The van der Waals surface area contributed by atoms with E-state index in [-0.39, 0.29) is 0 Å². The van der Waals surface area contributed by atoms with E-state index in [1.54, 1.807) is 0 Å². The lowest BCUT2D eigenvalue weighted by molar-refractivity contribution is 0.0282. The van der Waals surface area contributed by atoms with Gasteiger partial charge in [0.05, 0.1) is 13.3 Å². The molecule has 2 rings (SSSR count). The molecule has 1 aliphatic carbocycles. The van der Waals surface area contributed by atoms with Gasteiger partial charge in [0.1, 0.15) is 0 Å². The van der Waals surface area contributed by atoms with Gasteiger partial charge in [0.2, 0.25) is 0 Å². The van der Waals surface area contributed by atoms with Crippen LogP contribution in [0.25, 0.3) is 0 Å². The molecule has 2 aliphatic rings. The Morgan fingerprint density at radius 1 is 1.42 bits per heavy atom. The van der Waals surface area contributed by atoms with E-state index < -0.39 is 0 Å². The Bertz CT molecular complexity index is 135. The highest BCUT2D eigenvalue weighted by atomic mass is 16.5. The molecule has 2 fully saturated rings. The molecule has 0 aromatic rings. The molecule has 12 heavy (non-hydrogen) atoms. The molecule has 0 aromatic heterocycles. The van der Waals surface area contributed by atoms with Crippen LogP contribution in [0.5, 0.6) is 0 Å². The lowest BCUT2D eigenvalue weighted by Crippen LogP contribution is -2.27. The third kappa shape index (κ3) is 1.99. The van der Waals surface area contributed by atoms with E-state index in [9.17, 15) is 0 Å². The van der Waals surface area contributed by atoms with E-state index in [1.165, 1.54) is 25.8 Å². The van der Waals surface area contributed by atoms with Crippen molar-refractivity contribution < 1.29 is 4.74 Å². The molecule has 0 aromatic carbocycles. The topological polar surface area (TPSA) is 12.5 Å². The fourth-order valence-corrected chi connectivity index (χ4v) is 2.09. The monoisotopic (exact) mass is 169 g/mol. The van der Waals surface area contributed by atoms with Crippen LogP contribution in [0.1, 0.15) is 26.2 Å². The van der Waals surface area contributed by atoms with E-state index in [2.05, 4.69) is 11.8 Å². The summed E-state index contributed by atoms with van der Waals surface area (Å²) in [6, 6.07) is 0. The molecule has 0 bridgehead atoms. The van der Waals surface area contributed by atoms with Crippen molar-refractivity contribution in [3.05, 3.63) is 0 Å². The van der Waals surface area contributed by atoms with Gasteiger partial charge in [0, 0.05) is 6.54 Å². The smallest absolute Gasteiger partial charge is 0.0990 e. The highest BCUT2D eigenvalue weighted by molar-refractivity contribution is 4.86. The molecule has 2 atom stereocenters. The number of hydrogen-bond acceptors (Lipinski definition) is 2. The fraction of sp³-hybridized carbons (Fsp3) is 1.00. The lowest BCUT2D eigenvalue weighted by atomic mass is 10.2. The summed E-state index contributed by atoms with van der Waals surface area (Å²) in [5.41, 5.74) is 0. The molecule has 70 valence electrons. The van der Waals surface area contributed by atoms with Crippen LogP contribution >= 0.6 is 0 Å². The van der Waals surface area contributed by atoms with Crippen LogP contribution in [0.3, 0.4) is 0 Å². The van der Waals surface area contributed by atoms with E-state index in [1.807, 2.05) is 0 Å². The third-order valence-electron chi connectivity index (χ3n) is 3.17. The molecule has 0 spiro atoms. The van der Waals surface area contributed by atoms with Gasteiger partial charge >= 0.3 is 0 Å². The number of rotatable bonds is 1. The van der Waals surface area contributed by atoms with Crippen molar-refractivity contribution in [1.29, 1.82) is 0 Å².